The number of amides is 2. The fraction of sp³-hybridized carbons (Fsp3) is 0.192. The van der Waals surface area contributed by atoms with Crippen molar-refractivity contribution in [2.45, 2.75) is 31.1 Å². The first-order valence-corrected chi connectivity index (χ1v) is 12.5. The smallest absolute Gasteiger partial charge is 0.261 e. The Morgan fingerprint density at radius 1 is 0.943 bits per heavy atom. The number of anilines is 3. The summed E-state index contributed by atoms with van der Waals surface area (Å²) in [7, 11) is -3.78. The van der Waals surface area contributed by atoms with Crippen LogP contribution in [-0.2, 0) is 19.6 Å². The first-order valence-electron chi connectivity index (χ1n) is 11.0. The van der Waals surface area contributed by atoms with E-state index in [9.17, 15) is 18.0 Å². The predicted molar refractivity (Wildman–Crippen MR) is 135 cm³/mol. The first kappa shape index (κ1) is 25.5. The maximum Gasteiger partial charge on any atom is 0.261 e. The topological polar surface area (TPSA) is 119 Å². The molecule has 35 heavy (non-hydrogen) atoms. The Labute approximate surface area is 205 Å². The monoisotopic (exact) mass is 490 g/mol. The van der Waals surface area contributed by atoms with Crippen LogP contribution < -0.4 is 14.9 Å². The minimum Gasteiger partial charge on any atom is -0.326 e. The van der Waals surface area contributed by atoms with Crippen molar-refractivity contribution in [1.29, 1.82) is 5.26 Å². The number of carbonyl (C=O) groups is 2. The number of para-hydroxylation sites is 1. The number of aryl methyl sites for hydroxylation is 1. The second-order valence-corrected chi connectivity index (χ2v) is 9.47. The Morgan fingerprint density at radius 3 is 2.26 bits per heavy atom. The molecule has 0 spiro atoms. The maximum atomic E-state index is 12.8. The van der Waals surface area contributed by atoms with Gasteiger partial charge >= 0.3 is 0 Å². The lowest BCUT2D eigenvalue weighted by molar-refractivity contribution is -0.122. The molecule has 2 amide bonds. The molecule has 180 valence electrons. The van der Waals surface area contributed by atoms with E-state index in [4.69, 9.17) is 5.26 Å². The summed E-state index contributed by atoms with van der Waals surface area (Å²) < 4.78 is 27.9. The molecule has 0 aromatic heterocycles. The minimum atomic E-state index is -3.78. The Balaban J connectivity index is 1.64. The number of hydrogen-bond acceptors (Lipinski definition) is 5. The summed E-state index contributed by atoms with van der Waals surface area (Å²) in [6, 6.07) is 23.9. The third-order valence-corrected chi connectivity index (χ3v) is 6.58. The van der Waals surface area contributed by atoms with Crippen LogP contribution >= 0.6 is 0 Å². The molecule has 9 heteroatoms. The van der Waals surface area contributed by atoms with Crippen LogP contribution in [0.3, 0.4) is 0 Å². The zero-order valence-corrected chi connectivity index (χ0v) is 20.1. The first-order chi connectivity index (χ1) is 16.8. The average molecular weight is 491 g/mol. The Hall–Kier alpha value is -4.16. The number of hydrogen-bond donors (Lipinski definition) is 2. The SMILES string of the molecule is Cc1ccc(NC(=O)CCC(=O)N(CCC#N)c2ccccc2)cc1NS(=O)(=O)c1ccccc1. The van der Waals surface area contributed by atoms with Crippen molar-refractivity contribution < 1.29 is 18.0 Å². The van der Waals surface area contributed by atoms with E-state index >= 15 is 0 Å². The van der Waals surface area contributed by atoms with E-state index in [2.05, 4.69) is 10.0 Å². The van der Waals surface area contributed by atoms with Gasteiger partial charge < -0.3 is 10.2 Å². The summed E-state index contributed by atoms with van der Waals surface area (Å²) in [5.41, 5.74) is 2.11. The third kappa shape index (κ3) is 7.16. The largest absolute Gasteiger partial charge is 0.326 e. The molecule has 0 heterocycles. The van der Waals surface area contributed by atoms with Crippen molar-refractivity contribution in [3.63, 3.8) is 0 Å². The molecule has 2 N–H and O–H groups in total. The van der Waals surface area contributed by atoms with Gasteiger partial charge in [-0.2, -0.15) is 5.26 Å². The Bertz CT molecular complexity index is 1320. The Morgan fingerprint density at radius 2 is 1.60 bits per heavy atom. The van der Waals surface area contributed by atoms with E-state index in [1.54, 1.807) is 67.6 Å². The van der Waals surface area contributed by atoms with Crippen molar-refractivity contribution in [2.75, 3.05) is 21.5 Å². The fourth-order valence-corrected chi connectivity index (χ4v) is 4.50. The van der Waals surface area contributed by atoms with Crippen molar-refractivity contribution in [2.24, 2.45) is 0 Å². The van der Waals surface area contributed by atoms with Gasteiger partial charge in [0.2, 0.25) is 11.8 Å². The van der Waals surface area contributed by atoms with Gasteiger partial charge in [0.1, 0.15) is 0 Å². The van der Waals surface area contributed by atoms with Crippen LogP contribution in [0.2, 0.25) is 0 Å². The molecule has 8 nitrogen and oxygen atoms in total. The highest BCUT2D eigenvalue weighted by molar-refractivity contribution is 7.92. The van der Waals surface area contributed by atoms with E-state index in [1.165, 1.54) is 17.0 Å². The van der Waals surface area contributed by atoms with E-state index in [0.717, 1.165) is 0 Å². The minimum absolute atomic E-state index is 0.0362. The van der Waals surface area contributed by atoms with Gasteiger partial charge in [-0.05, 0) is 48.9 Å². The predicted octanol–water partition coefficient (Wildman–Crippen LogP) is 4.46. The molecule has 3 aromatic rings. The lowest BCUT2D eigenvalue weighted by atomic mass is 10.1. The van der Waals surface area contributed by atoms with Crippen molar-refractivity contribution in [1.82, 2.24) is 0 Å². The molecular weight excluding hydrogens is 464 g/mol. The second-order valence-electron chi connectivity index (χ2n) is 7.79. The van der Waals surface area contributed by atoms with Crippen LogP contribution in [0.25, 0.3) is 0 Å². The Kier molecular flexibility index (Phi) is 8.59. The average Bonchev–Trinajstić information content (AvgIpc) is 2.86. The number of sulfonamides is 1. The molecule has 0 unspecified atom stereocenters. The molecule has 3 aromatic carbocycles. The van der Waals surface area contributed by atoms with Gasteiger partial charge in [-0.3, -0.25) is 14.3 Å². The summed E-state index contributed by atoms with van der Waals surface area (Å²) >= 11 is 0. The number of benzene rings is 3. The normalized spacial score (nSPS) is 10.7. The molecular formula is C26H26N4O4S. The lowest BCUT2D eigenvalue weighted by Gasteiger charge is -2.21. The molecule has 0 fully saturated rings. The fourth-order valence-electron chi connectivity index (χ4n) is 3.36. The van der Waals surface area contributed by atoms with Crippen molar-refractivity contribution in [3.05, 3.63) is 84.4 Å². The van der Waals surface area contributed by atoms with E-state index in [-0.39, 0.29) is 42.5 Å². The number of nitriles is 1. The van der Waals surface area contributed by atoms with Gasteiger partial charge in [0.15, 0.2) is 0 Å². The van der Waals surface area contributed by atoms with Crippen molar-refractivity contribution in [3.8, 4) is 6.07 Å². The van der Waals surface area contributed by atoms with Crippen LogP contribution in [0, 0.1) is 18.3 Å². The molecule has 0 atom stereocenters. The molecule has 0 bridgehead atoms. The standard InChI is InChI=1S/C26H26N4O4S/c1-20-13-14-21(19-24(20)29-35(33,34)23-11-6-3-7-12-23)28-25(31)15-16-26(32)30(18-8-17-27)22-9-4-2-5-10-22/h2-7,9-14,19,29H,8,15-16,18H2,1H3,(H,28,31). The lowest BCUT2D eigenvalue weighted by Crippen LogP contribution is -2.32. The molecule has 0 saturated carbocycles. The van der Waals surface area contributed by atoms with Gasteiger partial charge in [-0.25, -0.2) is 8.42 Å². The molecule has 0 aliphatic rings. The van der Waals surface area contributed by atoms with Crippen LogP contribution in [-0.4, -0.2) is 26.8 Å². The summed E-state index contributed by atoms with van der Waals surface area (Å²) in [4.78, 5) is 26.9. The second kappa shape index (κ2) is 11.8. The van der Waals surface area contributed by atoms with Gasteiger partial charge in [0, 0.05) is 30.8 Å². The van der Waals surface area contributed by atoms with E-state index in [0.29, 0.717) is 22.6 Å². The van der Waals surface area contributed by atoms with Crippen LogP contribution in [0.15, 0.2) is 83.8 Å². The van der Waals surface area contributed by atoms with Crippen LogP contribution in [0.4, 0.5) is 17.1 Å². The molecule has 0 saturated heterocycles. The summed E-state index contributed by atoms with van der Waals surface area (Å²) in [5, 5.41) is 11.6. The maximum absolute atomic E-state index is 12.8. The number of carbonyl (C=O) groups excluding carboxylic acids is 2. The molecule has 3 rings (SSSR count). The zero-order valence-electron chi connectivity index (χ0n) is 19.3. The quantitative estimate of drug-likeness (QED) is 0.435. The molecule has 0 radical (unpaired) electrons. The number of nitrogens with zero attached hydrogens (tertiary/aromatic N) is 2. The highest BCUT2D eigenvalue weighted by Gasteiger charge is 2.18. The van der Waals surface area contributed by atoms with Gasteiger partial charge in [0.25, 0.3) is 10.0 Å². The summed E-state index contributed by atoms with van der Waals surface area (Å²) in [5.74, 6) is -0.644. The van der Waals surface area contributed by atoms with Gasteiger partial charge in [-0.15, -0.1) is 0 Å². The highest BCUT2D eigenvalue weighted by Crippen LogP contribution is 2.24. The van der Waals surface area contributed by atoms with Gasteiger partial charge in [-0.1, -0.05) is 42.5 Å². The molecule has 0 aliphatic carbocycles. The van der Waals surface area contributed by atoms with E-state index in [1.807, 2.05) is 12.1 Å². The van der Waals surface area contributed by atoms with E-state index < -0.39 is 10.0 Å². The number of rotatable bonds is 10. The van der Waals surface area contributed by atoms with Crippen molar-refractivity contribution >= 4 is 38.9 Å². The zero-order chi connectivity index (χ0) is 25.3. The number of nitrogens with one attached hydrogen (secondary N) is 2. The summed E-state index contributed by atoms with van der Waals surface area (Å²) in [6.45, 7) is 2.00. The highest BCUT2D eigenvalue weighted by atomic mass is 32.2. The van der Waals surface area contributed by atoms with Crippen LogP contribution in [0.5, 0.6) is 0 Å². The van der Waals surface area contributed by atoms with Gasteiger partial charge in [0.05, 0.1) is 23.1 Å². The van der Waals surface area contributed by atoms with Crippen LogP contribution in [0.1, 0.15) is 24.8 Å². The third-order valence-electron chi connectivity index (χ3n) is 5.20. The molecule has 0 aliphatic heterocycles. The summed E-state index contributed by atoms with van der Waals surface area (Å²) in [6.07, 6.45) is 0.0804.